The molecule has 1 aromatic carbocycles. The first-order chi connectivity index (χ1) is 17.8. The molecular weight excluding hydrogens is 494 g/mol. The van der Waals surface area contributed by atoms with E-state index in [4.69, 9.17) is 4.74 Å². The Labute approximate surface area is 219 Å². The molecule has 1 aromatic rings. The molecule has 38 heavy (non-hydrogen) atoms. The third kappa shape index (κ3) is 4.09. The predicted molar refractivity (Wildman–Crippen MR) is 137 cm³/mol. The lowest BCUT2D eigenvalue weighted by Gasteiger charge is -2.46. The lowest BCUT2D eigenvalue weighted by molar-refractivity contribution is -0.147. The molecular formula is C28H31NO9. The van der Waals surface area contributed by atoms with Gasteiger partial charge in [-0.2, -0.15) is 0 Å². The Hall–Kier alpha value is -3.92. The van der Waals surface area contributed by atoms with Crippen molar-refractivity contribution in [3.05, 3.63) is 52.3 Å². The summed E-state index contributed by atoms with van der Waals surface area (Å²) in [6.07, 6.45) is 1.73. The van der Waals surface area contributed by atoms with Crippen molar-refractivity contribution in [3.63, 3.8) is 0 Å². The molecule has 0 radical (unpaired) electrons. The standard InChI is InChI=1S/C28H31NO9/c1-5-6-7-38-20(32)11-15-10-18(29(3)4)17-9-14-8-16-12-19(31)21(13(2)30)26(35)28(16,37)27(36)22(14)25(34)23(17)24(15)33/h5,10,14,16,33-35,37H,1,6-9,11-12H2,2-4H3/t14-,16+,28-/m0/s1. The first-order valence-electron chi connectivity index (χ1n) is 12.3. The zero-order valence-electron chi connectivity index (χ0n) is 21.5. The van der Waals surface area contributed by atoms with E-state index in [1.165, 1.54) is 0 Å². The fourth-order valence-electron chi connectivity index (χ4n) is 5.83. The molecule has 202 valence electrons. The molecule has 3 atom stereocenters. The van der Waals surface area contributed by atoms with Crippen molar-refractivity contribution in [1.82, 2.24) is 0 Å². The number of fused-ring (bicyclic) bond motifs is 3. The maximum atomic E-state index is 13.7. The quantitative estimate of drug-likeness (QED) is 0.180. The molecule has 0 spiro atoms. The number of Topliss-reactive ketones (excluding diaryl/α,β-unsaturated/α-hetero) is 3. The predicted octanol–water partition coefficient (Wildman–Crippen LogP) is 2.26. The number of aliphatic hydroxyl groups is 3. The summed E-state index contributed by atoms with van der Waals surface area (Å²) in [5, 5.41) is 44.7. The summed E-state index contributed by atoms with van der Waals surface area (Å²) in [5.74, 6) is -6.65. The van der Waals surface area contributed by atoms with Gasteiger partial charge in [-0.3, -0.25) is 19.2 Å². The molecule has 0 unspecified atom stereocenters. The van der Waals surface area contributed by atoms with Crippen LogP contribution in [0.4, 0.5) is 5.69 Å². The van der Waals surface area contributed by atoms with Crippen molar-refractivity contribution in [2.24, 2.45) is 11.8 Å². The van der Waals surface area contributed by atoms with Gasteiger partial charge in [-0.25, -0.2) is 0 Å². The lowest BCUT2D eigenvalue weighted by atomic mass is 9.59. The molecule has 4 rings (SSSR count). The second-order valence-electron chi connectivity index (χ2n) is 10.2. The van der Waals surface area contributed by atoms with E-state index in [-0.39, 0.29) is 49.0 Å². The largest absolute Gasteiger partial charge is 0.508 e. The summed E-state index contributed by atoms with van der Waals surface area (Å²) < 4.78 is 5.15. The average molecular weight is 526 g/mol. The molecule has 0 aromatic heterocycles. The van der Waals surface area contributed by atoms with Gasteiger partial charge in [-0.05, 0) is 43.7 Å². The zero-order chi connectivity index (χ0) is 28.1. The normalized spacial score (nSPS) is 24.4. The van der Waals surface area contributed by atoms with Crippen LogP contribution >= 0.6 is 0 Å². The van der Waals surface area contributed by atoms with Gasteiger partial charge in [0.1, 0.15) is 22.8 Å². The van der Waals surface area contributed by atoms with Crippen molar-refractivity contribution in [2.75, 3.05) is 25.6 Å². The summed E-state index contributed by atoms with van der Waals surface area (Å²) >= 11 is 0. The number of hydrogen-bond donors (Lipinski definition) is 4. The Morgan fingerprint density at radius 3 is 2.50 bits per heavy atom. The highest BCUT2D eigenvalue weighted by molar-refractivity contribution is 6.23. The van der Waals surface area contributed by atoms with Crippen LogP contribution in [-0.2, 0) is 36.8 Å². The van der Waals surface area contributed by atoms with Gasteiger partial charge in [0.15, 0.2) is 17.2 Å². The second-order valence-corrected chi connectivity index (χ2v) is 10.2. The molecule has 1 saturated carbocycles. The third-order valence-electron chi connectivity index (χ3n) is 7.63. The first-order valence-corrected chi connectivity index (χ1v) is 12.3. The monoisotopic (exact) mass is 525 g/mol. The number of rotatable bonds is 7. The van der Waals surface area contributed by atoms with Crippen LogP contribution in [0.2, 0.25) is 0 Å². The van der Waals surface area contributed by atoms with Gasteiger partial charge in [-0.1, -0.05) is 6.08 Å². The SMILES string of the molecule is C=CCCOC(=O)Cc1cc(N(C)C)c2c(c1O)C(O)=C1C(=O)[C@@]3(O)C(O)=C(C(C)=O)C(=O)C[C@H]3C[C@H]1C2. The highest BCUT2D eigenvalue weighted by Crippen LogP contribution is 2.53. The maximum Gasteiger partial charge on any atom is 0.310 e. The fraction of sp³-hybridized carbons (Fsp3) is 0.429. The molecule has 10 heteroatoms. The number of carbonyl (C=O) groups is 4. The van der Waals surface area contributed by atoms with Crippen LogP contribution in [0.5, 0.6) is 5.75 Å². The number of phenolic OH excluding ortho intramolecular Hbond substituents is 1. The van der Waals surface area contributed by atoms with Crippen LogP contribution in [0.3, 0.4) is 0 Å². The van der Waals surface area contributed by atoms with E-state index in [9.17, 15) is 39.6 Å². The van der Waals surface area contributed by atoms with Crippen molar-refractivity contribution in [1.29, 1.82) is 0 Å². The molecule has 0 bridgehead atoms. The summed E-state index contributed by atoms with van der Waals surface area (Å²) in [6, 6.07) is 1.63. The van der Waals surface area contributed by atoms with E-state index in [0.29, 0.717) is 17.7 Å². The molecule has 0 aliphatic heterocycles. The Bertz CT molecular complexity index is 1340. The summed E-state index contributed by atoms with van der Waals surface area (Å²) in [5.41, 5.74) is -2.12. The van der Waals surface area contributed by atoms with Crippen LogP contribution < -0.4 is 4.90 Å². The molecule has 3 aliphatic rings. The van der Waals surface area contributed by atoms with Crippen LogP contribution in [0.25, 0.3) is 5.76 Å². The van der Waals surface area contributed by atoms with Gasteiger partial charge < -0.3 is 30.1 Å². The minimum atomic E-state index is -2.56. The van der Waals surface area contributed by atoms with Gasteiger partial charge in [0, 0.05) is 43.3 Å². The summed E-state index contributed by atoms with van der Waals surface area (Å²) in [4.78, 5) is 52.4. The molecule has 3 aliphatic carbocycles. The van der Waals surface area contributed by atoms with Gasteiger partial charge in [0.05, 0.1) is 18.6 Å². The van der Waals surface area contributed by atoms with E-state index in [1.54, 1.807) is 31.1 Å². The molecule has 4 N–H and O–H groups in total. The van der Waals surface area contributed by atoms with Gasteiger partial charge >= 0.3 is 5.97 Å². The smallest absolute Gasteiger partial charge is 0.310 e. The minimum absolute atomic E-state index is 0.0473. The van der Waals surface area contributed by atoms with Crippen molar-refractivity contribution in [2.45, 2.75) is 44.6 Å². The van der Waals surface area contributed by atoms with Crippen LogP contribution in [-0.4, -0.2) is 70.0 Å². The number of ether oxygens (including phenoxy) is 1. The number of ketones is 3. The number of carbonyl (C=O) groups excluding carboxylic acids is 4. The minimum Gasteiger partial charge on any atom is -0.508 e. The van der Waals surface area contributed by atoms with Crippen molar-refractivity contribution >= 4 is 34.8 Å². The number of hydrogen-bond acceptors (Lipinski definition) is 10. The molecule has 0 saturated heterocycles. The van der Waals surface area contributed by atoms with E-state index >= 15 is 0 Å². The number of anilines is 1. The number of phenols is 1. The highest BCUT2D eigenvalue weighted by atomic mass is 16.5. The summed E-state index contributed by atoms with van der Waals surface area (Å²) in [7, 11) is 3.51. The first kappa shape index (κ1) is 27.1. The number of aromatic hydroxyl groups is 1. The topological polar surface area (TPSA) is 162 Å². The van der Waals surface area contributed by atoms with Gasteiger partial charge in [0.2, 0.25) is 5.78 Å². The molecule has 10 nitrogen and oxygen atoms in total. The fourth-order valence-corrected chi connectivity index (χ4v) is 5.83. The summed E-state index contributed by atoms with van der Waals surface area (Å²) in [6.45, 7) is 4.75. The van der Waals surface area contributed by atoms with Crippen LogP contribution in [0.1, 0.15) is 42.9 Å². The number of allylic oxidation sites excluding steroid dienone is 1. The van der Waals surface area contributed by atoms with Crippen LogP contribution in [0.15, 0.2) is 35.6 Å². The Balaban J connectivity index is 1.86. The number of esters is 1. The van der Waals surface area contributed by atoms with E-state index in [0.717, 1.165) is 6.92 Å². The lowest BCUT2D eigenvalue weighted by Crippen LogP contribution is -2.57. The Morgan fingerprint density at radius 2 is 1.89 bits per heavy atom. The Morgan fingerprint density at radius 1 is 1.21 bits per heavy atom. The number of aliphatic hydroxyl groups excluding tert-OH is 2. The van der Waals surface area contributed by atoms with Crippen LogP contribution in [0, 0.1) is 11.8 Å². The molecule has 0 heterocycles. The van der Waals surface area contributed by atoms with Crippen molar-refractivity contribution < 1.29 is 44.3 Å². The zero-order valence-corrected chi connectivity index (χ0v) is 21.5. The van der Waals surface area contributed by atoms with E-state index < -0.39 is 63.6 Å². The Kier molecular flexibility index (Phi) is 6.96. The molecule has 0 amide bonds. The molecule has 1 fully saturated rings. The van der Waals surface area contributed by atoms with E-state index in [2.05, 4.69) is 6.58 Å². The maximum absolute atomic E-state index is 13.7. The van der Waals surface area contributed by atoms with Gasteiger partial charge in [-0.15, -0.1) is 6.58 Å². The number of benzene rings is 1. The highest BCUT2D eigenvalue weighted by Gasteiger charge is 2.60. The third-order valence-corrected chi connectivity index (χ3v) is 7.63. The van der Waals surface area contributed by atoms with E-state index in [1.807, 2.05) is 0 Å². The van der Waals surface area contributed by atoms with Gasteiger partial charge in [0.25, 0.3) is 0 Å². The second kappa shape index (κ2) is 9.75. The average Bonchev–Trinajstić information content (AvgIpc) is 2.82. The van der Waals surface area contributed by atoms with Crippen molar-refractivity contribution in [3.8, 4) is 5.75 Å². The number of nitrogens with zero attached hydrogens (tertiary/aromatic N) is 1.